The van der Waals surface area contributed by atoms with Crippen molar-refractivity contribution in [3.63, 3.8) is 0 Å². The molecule has 0 bridgehead atoms. The number of rotatable bonds is 7. The lowest BCUT2D eigenvalue weighted by Crippen LogP contribution is -2.37. The Morgan fingerprint density at radius 3 is 3.10 bits per heavy atom. The van der Waals surface area contributed by atoms with Crippen LogP contribution in [0, 0.1) is 0 Å². The molecule has 1 amide bonds. The number of hydrogen-bond donors (Lipinski definition) is 2. The van der Waals surface area contributed by atoms with Gasteiger partial charge in [-0.1, -0.05) is 18.5 Å². The van der Waals surface area contributed by atoms with Gasteiger partial charge in [0.2, 0.25) is 5.91 Å². The van der Waals surface area contributed by atoms with Gasteiger partial charge in [-0.25, -0.2) is 4.98 Å². The van der Waals surface area contributed by atoms with Gasteiger partial charge in [0.05, 0.1) is 18.3 Å². The minimum atomic E-state index is -0.335. The lowest BCUT2D eigenvalue weighted by atomic mass is 10.2. The van der Waals surface area contributed by atoms with E-state index in [0.717, 1.165) is 24.3 Å². The van der Waals surface area contributed by atoms with Crippen LogP contribution in [-0.4, -0.2) is 22.1 Å². The number of hydrogen-bond acceptors (Lipinski definition) is 6. The van der Waals surface area contributed by atoms with Crippen LogP contribution in [0.2, 0.25) is 0 Å². The fourth-order valence-electron chi connectivity index (χ4n) is 1.66. The van der Waals surface area contributed by atoms with Crippen LogP contribution in [-0.2, 0) is 17.8 Å². The maximum Gasteiger partial charge on any atom is 0.243 e. The molecule has 0 spiro atoms. The Balaban J connectivity index is 1.78. The van der Waals surface area contributed by atoms with Crippen molar-refractivity contribution in [3.8, 4) is 0 Å². The average Bonchev–Trinajstić information content (AvgIpc) is 3.08. The molecule has 2 rings (SSSR count). The first kappa shape index (κ1) is 14.7. The fourth-order valence-corrected chi connectivity index (χ4v) is 2.19. The zero-order valence-corrected chi connectivity index (χ0v) is 12.4. The molecule has 1 atom stereocenters. The van der Waals surface area contributed by atoms with E-state index in [-0.39, 0.29) is 11.9 Å². The zero-order valence-electron chi connectivity index (χ0n) is 11.5. The molecule has 0 radical (unpaired) electrons. The second-order valence-electron chi connectivity index (χ2n) is 4.46. The van der Waals surface area contributed by atoms with Gasteiger partial charge in [-0.3, -0.25) is 10.1 Å². The number of amides is 1. The normalized spacial score (nSPS) is 12.3. The highest BCUT2D eigenvalue weighted by Crippen LogP contribution is 2.10. The molecule has 7 heteroatoms. The summed E-state index contributed by atoms with van der Waals surface area (Å²) in [7, 11) is 0. The minimum Gasteiger partial charge on any atom is -0.360 e. The predicted molar refractivity (Wildman–Crippen MR) is 77.5 cm³/mol. The van der Waals surface area contributed by atoms with Gasteiger partial charge in [0, 0.05) is 17.6 Å². The van der Waals surface area contributed by atoms with Crippen molar-refractivity contribution < 1.29 is 9.32 Å². The summed E-state index contributed by atoms with van der Waals surface area (Å²) >= 11 is 1.39. The SMILES string of the molecule is CCCc1cc(CN[C@H](C)C(=O)Nc2nccs2)on1. The van der Waals surface area contributed by atoms with Crippen molar-refractivity contribution in [1.82, 2.24) is 15.5 Å². The molecule has 108 valence electrons. The molecule has 2 N–H and O–H groups in total. The predicted octanol–water partition coefficient (Wildman–Crippen LogP) is 2.20. The minimum absolute atomic E-state index is 0.117. The third kappa shape index (κ3) is 4.14. The van der Waals surface area contributed by atoms with Crippen molar-refractivity contribution in [3.05, 3.63) is 29.1 Å². The van der Waals surface area contributed by atoms with Gasteiger partial charge in [0.15, 0.2) is 10.9 Å². The van der Waals surface area contributed by atoms with E-state index in [1.807, 2.05) is 11.4 Å². The summed E-state index contributed by atoms with van der Waals surface area (Å²) in [5.41, 5.74) is 0.948. The van der Waals surface area contributed by atoms with Gasteiger partial charge in [0.1, 0.15) is 0 Å². The van der Waals surface area contributed by atoms with Crippen molar-refractivity contribution in [2.75, 3.05) is 5.32 Å². The number of aromatic nitrogens is 2. The molecule has 2 aromatic heterocycles. The molecule has 0 unspecified atom stereocenters. The first-order valence-corrected chi connectivity index (χ1v) is 7.45. The molecule has 0 saturated heterocycles. The molecule has 6 nitrogen and oxygen atoms in total. The van der Waals surface area contributed by atoms with E-state index in [2.05, 4.69) is 27.7 Å². The van der Waals surface area contributed by atoms with Gasteiger partial charge in [-0.15, -0.1) is 11.3 Å². The van der Waals surface area contributed by atoms with Gasteiger partial charge < -0.3 is 9.84 Å². The summed E-state index contributed by atoms with van der Waals surface area (Å²) in [5, 5.41) is 12.2. The second kappa shape index (κ2) is 7.16. The summed E-state index contributed by atoms with van der Waals surface area (Å²) < 4.78 is 5.20. The Kier molecular flexibility index (Phi) is 5.25. The first-order chi connectivity index (χ1) is 9.69. The monoisotopic (exact) mass is 294 g/mol. The largest absolute Gasteiger partial charge is 0.360 e. The van der Waals surface area contributed by atoms with Crippen LogP contribution in [0.1, 0.15) is 31.7 Å². The Morgan fingerprint density at radius 1 is 1.55 bits per heavy atom. The number of anilines is 1. The molecule has 0 aromatic carbocycles. The van der Waals surface area contributed by atoms with Crippen molar-refractivity contribution >= 4 is 22.4 Å². The molecule has 0 aliphatic carbocycles. The van der Waals surface area contributed by atoms with E-state index in [1.54, 1.807) is 13.1 Å². The lowest BCUT2D eigenvalue weighted by molar-refractivity contribution is -0.117. The molecule has 0 aliphatic rings. The van der Waals surface area contributed by atoms with Gasteiger partial charge in [-0.2, -0.15) is 0 Å². The second-order valence-corrected chi connectivity index (χ2v) is 5.36. The van der Waals surface area contributed by atoms with E-state index in [0.29, 0.717) is 11.7 Å². The topological polar surface area (TPSA) is 80.0 Å². The summed E-state index contributed by atoms with van der Waals surface area (Å²) in [6.07, 6.45) is 3.60. The highest BCUT2D eigenvalue weighted by atomic mass is 32.1. The van der Waals surface area contributed by atoms with Crippen LogP contribution in [0.4, 0.5) is 5.13 Å². The van der Waals surface area contributed by atoms with Gasteiger partial charge in [-0.05, 0) is 13.3 Å². The Morgan fingerprint density at radius 2 is 2.40 bits per heavy atom. The molecule has 2 aromatic rings. The molecule has 0 fully saturated rings. The van der Waals surface area contributed by atoms with Crippen molar-refractivity contribution in [2.45, 2.75) is 39.3 Å². The van der Waals surface area contributed by atoms with E-state index in [9.17, 15) is 4.79 Å². The quantitative estimate of drug-likeness (QED) is 0.818. The third-order valence-electron chi connectivity index (χ3n) is 2.75. The van der Waals surface area contributed by atoms with Crippen LogP contribution < -0.4 is 10.6 Å². The maximum absolute atomic E-state index is 11.9. The van der Waals surface area contributed by atoms with Crippen LogP contribution in [0.3, 0.4) is 0 Å². The van der Waals surface area contributed by atoms with Crippen molar-refractivity contribution in [1.29, 1.82) is 0 Å². The summed E-state index contributed by atoms with van der Waals surface area (Å²) in [6.45, 7) is 4.37. The van der Waals surface area contributed by atoms with Crippen molar-refractivity contribution in [2.24, 2.45) is 0 Å². The summed E-state index contributed by atoms with van der Waals surface area (Å²) in [5.74, 6) is 0.621. The van der Waals surface area contributed by atoms with Gasteiger partial charge >= 0.3 is 0 Å². The molecule has 0 saturated carbocycles. The number of thiazole rings is 1. The molecule has 20 heavy (non-hydrogen) atoms. The van der Waals surface area contributed by atoms with E-state index in [4.69, 9.17) is 4.52 Å². The molecule has 2 heterocycles. The van der Waals surface area contributed by atoms with Crippen LogP contribution in [0.25, 0.3) is 0 Å². The van der Waals surface area contributed by atoms with Crippen LogP contribution in [0.15, 0.2) is 22.2 Å². The number of nitrogens with zero attached hydrogens (tertiary/aromatic N) is 2. The Hall–Kier alpha value is -1.73. The smallest absolute Gasteiger partial charge is 0.243 e. The van der Waals surface area contributed by atoms with E-state index < -0.39 is 0 Å². The number of carbonyl (C=O) groups is 1. The van der Waals surface area contributed by atoms with E-state index in [1.165, 1.54) is 11.3 Å². The van der Waals surface area contributed by atoms with Gasteiger partial charge in [0.25, 0.3) is 0 Å². The molecular weight excluding hydrogens is 276 g/mol. The summed E-state index contributed by atoms with van der Waals surface area (Å²) in [4.78, 5) is 15.9. The average molecular weight is 294 g/mol. The lowest BCUT2D eigenvalue weighted by Gasteiger charge is -2.11. The highest BCUT2D eigenvalue weighted by molar-refractivity contribution is 7.13. The highest BCUT2D eigenvalue weighted by Gasteiger charge is 2.14. The number of carbonyl (C=O) groups excluding carboxylic acids is 1. The maximum atomic E-state index is 11.9. The number of aryl methyl sites for hydroxylation is 1. The molecule has 0 aliphatic heterocycles. The Labute approximate surface area is 121 Å². The first-order valence-electron chi connectivity index (χ1n) is 6.57. The molecular formula is C13H18N4O2S. The van der Waals surface area contributed by atoms with Crippen LogP contribution in [0.5, 0.6) is 0 Å². The third-order valence-corrected chi connectivity index (χ3v) is 3.44. The van der Waals surface area contributed by atoms with E-state index >= 15 is 0 Å². The Bertz CT molecular complexity index is 538. The fraction of sp³-hybridized carbons (Fsp3) is 0.462. The summed E-state index contributed by atoms with van der Waals surface area (Å²) in [6, 6.07) is 1.58. The van der Waals surface area contributed by atoms with Crippen LogP contribution >= 0.6 is 11.3 Å². The number of nitrogens with one attached hydrogen (secondary N) is 2. The standard InChI is InChI=1S/C13H18N4O2S/c1-3-4-10-7-11(19-17-10)8-15-9(2)12(18)16-13-14-5-6-20-13/h5-7,9,15H,3-4,8H2,1-2H3,(H,14,16,18)/t9-/m1/s1. The zero-order chi connectivity index (χ0) is 14.4.